The number of carbonyl (C=O) groups is 1. The second-order valence-electron chi connectivity index (χ2n) is 7.27. The minimum Gasteiger partial charge on any atom is -0.481 e. The van der Waals surface area contributed by atoms with E-state index in [0.717, 1.165) is 5.82 Å². The fourth-order valence-electron chi connectivity index (χ4n) is 3.25. The molecule has 0 bridgehead atoms. The van der Waals surface area contributed by atoms with Gasteiger partial charge in [0.25, 0.3) is 0 Å². The minimum atomic E-state index is -0.820. The van der Waals surface area contributed by atoms with Crippen LogP contribution in [0.4, 0.5) is 0 Å². The predicted octanol–water partition coefficient (Wildman–Crippen LogP) is 2.49. The lowest BCUT2D eigenvalue weighted by atomic mass is 10.0. The van der Waals surface area contributed by atoms with E-state index in [4.69, 9.17) is 5.11 Å². The highest BCUT2D eigenvalue weighted by atomic mass is 16.4. The Kier molecular flexibility index (Phi) is 3.38. The quantitative estimate of drug-likeness (QED) is 0.896. The first-order valence-corrected chi connectivity index (χ1v) is 7.10. The van der Waals surface area contributed by atoms with Gasteiger partial charge in [-0.15, -0.1) is 5.10 Å². The molecular formula is C14H24N4O2. The Bertz CT molecular complexity index is 505. The Labute approximate surface area is 119 Å². The van der Waals surface area contributed by atoms with Gasteiger partial charge in [0.2, 0.25) is 0 Å². The van der Waals surface area contributed by atoms with E-state index in [0.29, 0.717) is 0 Å². The van der Waals surface area contributed by atoms with Crippen molar-refractivity contribution < 1.29 is 9.90 Å². The van der Waals surface area contributed by atoms with Crippen molar-refractivity contribution >= 4 is 5.97 Å². The van der Waals surface area contributed by atoms with E-state index in [1.807, 2.05) is 13.8 Å². The van der Waals surface area contributed by atoms with Crippen LogP contribution >= 0.6 is 0 Å². The van der Waals surface area contributed by atoms with Gasteiger partial charge in [-0.05, 0) is 27.2 Å². The van der Waals surface area contributed by atoms with Gasteiger partial charge in [0, 0.05) is 5.92 Å². The summed E-state index contributed by atoms with van der Waals surface area (Å²) in [6, 6.07) is -0.204. The molecule has 0 aliphatic heterocycles. The number of aliphatic carboxylic acids is 1. The molecule has 1 aliphatic rings. The summed E-state index contributed by atoms with van der Waals surface area (Å²) in [6.07, 6.45) is 0.0449. The van der Waals surface area contributed by atoms with E-state index < -0.39 is 5.97 Å². The van der Waals surface area contributed by atoms with Crippen LogP contribution < -0.4 is 0 Å². The van der Waals surface area contributed by atoms with Gasteiger partial charge in [-0.2, -0.15) is 0 Å². The molecule has 112 valence electrons. The Morgan fingerprint density at radius 1 is 1.30 bits per heavy atom. The van der Waals surface area contributed by atoms with Crippen LogP contribution in [0, 0.1) is 16.7 Å². The van der Waals surface area contributed by atoms with Crippen LogP contribution in [0.5, 0.6) is 0 Å². The lowest BCUT2D eigenvalue weighted by Gasteiger charge is -2.20. The molecule has 0 spiro atoms. The fraction of sp³-hybridized carbons (Fsp3) is 0.857. The molecule has 6 nitrogen and oxygen atoms in total. The highest BCUT2D eigenvalue weighted by Crippen LogP contribution is 2.73. The lowest BCUT2D eigenvalue weighted by molar-refractivity contribution is -0.138. The van der Waals surface area contributed by atoms with Crippen molar-refractivity contribution in [3.05, 3.63) is 5.82 Å². The Balaban J connectivity index is 2.36. The zero-order valence-electron chi connectivity index (χ0n) is 13.1. The maximum atomic E-state index is 11.1. The van der Waals surface area contributed by atoms with Crippen molar-refractivity contribution in [2.45, 2.75) is 59.9 Å². The number of rotatable bonds is 5. The first kappa shape index (κ1) is 14.9. The topological polar surface area (TPSA) is 80.9 Å². The smallest absolute Gasteiger partial charge is 0.305 e. The summed E-state index contributed by atoms with van der Waals surface area (Å²) < 4.78 is 1.74. The fourth-order valence-corrected chi connectivity index (χ4v) is 3.25. The molecule has 1 aromatic rings. The summed E-state index contributed by atoms with van der Waals surface area (Å²) in [4.78, 5) is 11.1. The molecule has 1 heterocycles. The number of carboxylic acid groups (broad SMARTS) is 1. The van der Waals surface area contributed by atoms with Crippen LogP contribution in [-0.2, 0) is 4.79 Å². The van der Waals surface area contributed by atoms with Gasteiger partial charge in [-0.1, -0.05) is 41.5 Å². The van der Waals surface area contributed by atoms with E-state index in [9.17, 15) is 4.79 Å². The summed E-state index contributed by atoms with van der Waals surface area (Å²) >= 11 is 0. The third kappa shape index (κ3) is 2.11. The average molecular weight is 280 g/mol. The molecule has 0 amide bonds. The van der Waals surface area contributed by atoms with E-state index in [2.05, 4.69) is 43.2 Å². The van der Waals surface area contributed by atoms with Gasteiger partial charge in [-0.25, -0.2) is 4.68 Å². The first-order valence-electron chi connectivity index (χ1n) is 7.10. The number of carboxylic acids is 1. The van der Waals surface area contributed by atoms with Gasteiger partial charge in [0.15, 0.2) is 5.82 Å². The van der Waals surface area contributed by atoms with Crippen molar-refractivity contribution in [3.63, 3.8) is 0 Å². The average Bonchev–Trinajstić information content (AvgIpc) is 2.67. The van der Waals surface area contributed by atoms with Crippen LogP contribution in [0.25, 0.3) is 0 Å². The number of nitrogens with zero attached hydrogens (tertiary/aromatic N) is 4. The van der Waals surface area contributed by atoms with Crippen molar-refractivity contribution in [1.82, 2.24) is 20.2 Å². The Morgan fingerprint density at radius 3 is 2.25 bits per heavy atom. The molecule has 0 aromatic carbocycles. The second-order valence-corrected chi connectivity index (χ2v) is 7.27. The summed E-state index contributed by atoms with van der Waals surface area (Å²) in [7, 11) is 0. The molecule has 6 heteroatoms. The lowest BCUT2D eigenvalue weighted by Crippen LogP contribution is -2.22. The monoisotopic (exact) mass is 280 g/mol. The molecule has 2 rings (SSSR count). The SMILES string of the molecule is CC(C)C(CC(=O)O)n1nnnc1C1C(C)(C)C1(C)C. The van der Waals surface area contributed by atoms with Gasteiger partial charge < -0.3 is 5.11 Å². The Hall–Kier alpha value is -1.46. The minimum absolute atomic E-state index is 0.0449. The van der Waals surface area contributed by atoms with Crippen LogP contribution in [0.2, 0.25) is 0 Å². The van der Waals surface area contributed by atoms with Crippen molar-refractivity contribution in [2.75, 3.05) is 0 Å². The molecule has 1 aromatic heterocycles. The van der Waals surface area contributed by atoms with Gasteiger partial charge in [0.05, 0.1) is 12.5 Å². The zero-order valence-corrected chi connectivity index (χ0v) is 13.1. The highest BCUT2D eigenvalue weighted by Gasteiger charge is 2.67. The van der Waals surface area contributed by atoms with E-state index >= 15 is 0 Å². The summed E-state index contributed by atoms with van der Waals surface area (Å²) in [5.41, 5.74) is 0.258. The molecule has 1 aliphatic carbocycles. The van der Waals surface area contributed by atoms with E-state index in [1.165, 1.54) is 0 Å². The standard InChI is InChI=1S/C14H24N4O2/c1-8(2)9(7-10(19)20)18-12(15-16-17-18)11-13(3,4)14(11,5)6/h8-9,11H,7H2,1-6H3,(H,19,20). The molecule has 0 saturated heterocycles. The molecule has 20 heavy (non-hydrogen) atoms. The molecule has 1 fully saturated rings. The molecule has 1 saturated carbocycles. The van der Waals surface area contributed by atoms with Crippen LogP contribution in [0.15, 0.2) is 0 Å². The maximum Gasteiger partial charge on any atom is 0.305 e. The van der Waals surface area contributed by atoms with Gasteiger partial charge in [0.1, 0.15) is 0 Å². The molecule has 0 radical (unpaired) electrons. The Morgan fingerprint density at radius 2 is 1.85 bits per heavy atom. The second kappa shape index (κ2) is 4.53. The van der Waals surface area contributed by atoms with Gasteiger partial charge in [-0.3, -0.25) is 4.79 Å². The van der Waals surface area contributed by atoms with E-state index in [1.54, 1.807) is 4.68 Å². The number of hydrogen-bond acceptors (Lipinski definition) is 4. The van der Waals surface area contributed by atoms with Crippen LogP contribution in [0.3, 0.4) is 0 Å². The molecule has 1 atom stereocenters. The molecule has 1 unspecified atom stereocenters. The van der Waals surface area contributed by atoms with Crippen LogP contribution in [0.1, 0.15) is 65.7 Å². The van der Waals surface area contributed by atoms with Crippen molar-refractivity contribution in [2.24, 2.45) is 16.7 Å². The first-order chi connectivity index (χ1) is 9.10. The van der Waals surface area contributed by atoms with Crippen molar-refractivity contribution in [3.8, 4) is 0 Å². The summed E-state index contributed by atoms with van der Waals surface area (Å²) in [6.45, 7) is 12.8. The van der Waals surface area contributed by atoms with Crippen LogP contribution in [-0.4, -0.2) is 31.3 Å². The summed E-state index contributed by atoms with van der Waals surface area (Å²) in [5, 5.41) is 21.2. The summed E-state index contributed by atoms with van der Waals surface area (Å²) in [5.74, 6) is 0.429. The van der Waals surface area contributed by atoms with Gasteiger partial charge >= 0.3 is 5.97 Å². The molecular weight excluding hydrogens is 256 g/mol. The third-order valence-corrected chi connectivity index (χ3v) is 5.26. The van der Waals surface area contributed by atoms with E-state index in [-0.39, 0.29) is 35.1 Å². The maximum absolute atomic E-state index is 11.1. The number of aromatic nitrogens is 4. The number of tetrazole rings is 1. The predicted molar refractivity (Wildman–Crippen MR) is 74.2 cm³/mol. The van der Waals surface area contributed by atoms with Crippen molar-refractivity contribution in [1.29, 1.82) is 0 Å². The largest absolute Gasteiger partial charge is 0.481 e. The third-order valence-electron chi connectivity index (χ3n) is 5.26. The highest BCUT2D eigenvalue weighted by molar-refractivity contribution is 5.67. The normalized spacial score (nSPS) is 21.9. The molecule has 1 N–H and O–H groups in total. The zero-order chi connectivity index (χ0) is 15.3. The number of hydrogen-bond donors (Lipinski definition) is 1.